The number of thiocarbonyl (C=S) groups is 1. The van der Waals surface area contributed by atoms with Crippen molar-refractivity contribution in [3.8, 4) is 0 Å². The fraction of sp³-hybridized carbons (Fsp3) is 0.0625. The Morgan fingerprint density at radius 1 is 1.22 bits per heavy atom. The Morgan fingerprint density at radius 3 is 2.91 bits per heavy atom. The second-order valence-electron chi connectivity index (χ2n) is 4.65. The molecule has 0 atom stereocenters. The second kappa shape index (κ2) is 6.89. The molecular formula is C16H13N3O3S. The standard InChI is InChI=1S/C16H13N3O3S/c20-15-11(10-22-14-6-2-1-5-13(14)15)8-18-19-16(23)17-9-12-4-3-7-21-12/h1-8,10H,9H2,(H2,17,19,23). The summed E-state index contributed by atoms with van der Waals surface area (Å²) in [6.45, 7) is 0.451. The van der Waals surface area contributed by atoms with Crippen LogP contribution in [0.25, 0.3) is 11.0 Å². The van der Waals surface area contributed by atoms with Gasteiger partial charge < -0.3 is 14.2 Å². The van der Waals surface area contributed by atoms with Gasteiger partial charge in [-0.25, -0.2) is 0 Å². The number of nitrogens with one attached hydrogen (secondary N) is 2. The average Bonchev–Trinajstić information content (AvgIpc) is 3.09. The molecular weight excluding hydrogens is 314 g/mol. The van der Waals surface area contributed by atoms with Crippen LogP contribution in [0.15, 0.2) is 67.7 Å². The minimum Gasteiger partial charge on any atom is -0.467 e. The molecule has 2 heterocycles. The molecule has 0 spiro atoms. The van der Waals surface area contributed by atoms with Crippen LogP contribution in [-0.2, 0) is 6.54 Å². The van der Waals surface area contributed by atoms with E-state index in [-0.39, 0.29) is 5.43 Å². The van der Waals surface area contributed by atoms with Crippen molar-refractivity contribution in [2.75, 3.05) is 0 Å². The number of hydrogen-bond donors (Lipinski definition) is 2. The van der Waals surface area contributed by atoms with Crippen molar-refractivity contribution in [2.24, 2.45) is 5.10 Å². The molecule has 3 aromatic rings. The maximum atomic E-state index is 12.2. The number of rotatable bonds is 4. The van der Waals surface area contributed by atoms with Crippen molar-refractivity contribution in [2.45, 2.75) is 6.54 Å². The topological polar surface area (TPSA) is 79.8 Å². The van der Waals surface area contributed by atoms with Gasteiger partial charge in [0.1, 0.15) is 17.6 Å². The van der Waals surface area contributed by atoms with Gasteiger partial charge in [0.15, 0.2) is 5.11 Å². The first-order chi connectivity index (χ1) is 11.2. The number of fused-ring (bicyclic) bond motifs is 1. The average molecular weight is 327 g/mol. The SMILES string of the molecule is O=c1c(C=NNC(=S)NCc2ccco2)coc2ccccc12. The highest BCUT2D eigenvalue weighted by Gasteiger charge is 2.04. The lowest BCUT2D eigenvalue weighted by Gasteiger charge is -2.04. The molecule has 0 unspecified atom stereocenters. The molecule has 7 heteroatoms. The summed E-state index contributed by atoms with van der Waals surface area (Å²) in [5.74, 6) is 0.758. The second-order valence-corrected chi connectivity index (χ2v) is 5.06. The first-order valence-corrected chi connectivity index (χ1v) is 7.25. The van der Waals surface area contributed by atoms with Gasteiger partial charge in [-0.15, -0.1) is 0 Å². The molecule has 0 aliphatic rings. The summed E-state index contributed by atoms with van der Waals surface area (Å²) in [7, 11) is 0. The molecule has 0 radical (unpaired) electrons. The van der Waals surface area contributed by atoms with Crippen molar-refractivity contribution in [3.63, 3.8) is 0 Å². The molecule has 23 heavy (non-hydrogen) atoms. The van der Waals surface area contributed by atoms with Gasteiger partial charge in [-0.2, -0.15) is 5.10 Å². The number of hydrazone groups is 1. The van der Waals surface area contributed by atoms with E-state index in [9.17, 15) is 4.79 Å². The van der Waals surface area contributed by atoms with Crippen LogP contribution in [0.1, 0.15) is 11.3 Å². The quantitative estimate of drug-likeness (QED) is 0.435. The summed E-state index contributed by atoms with van der Waals surface area (Å²) in [5, 5.41) is 7.70. The summed E-state index contributed by atoms with van der Waals surface area (Å²) >= 11 is 5.07. The predicted molar refractivity (Wildman–Crippen MR) is 91.4 cm³/mol. The molecule has 0 aliphatic carbocycles. The monoisotopic (exact) mass is 327 g/mol. The third-order valence-corrected chi connectivity index (χ3v) is 3.32. The van der Waals surface area contributed by atoms with E-state index < -0.39 is 0 Å². The zero-order valence-electron chi connectivity index (χ0n) is 12.0. The van der Waals surface area contributed by atoms with Crippen LogP contribution in [0.2, 0.25) is 0 Å². The lowest BCUT2D eigenvalue weighted by molar-refractivity contribution is 0.502. The van der Waals surface area contributed by atoms with Crippen molar-refractivity contribution >= 4 is 34.5 Å². The summed E-state index contributed by atoms with van der Waals surface area (Å²) in [5.41, 5.74) is 3.37. The molecule has 0 saturated carbocycles. The van der Waals surface area contributed by atoms with E-state index in [1.54, 1.807) is 30.5 Å². The molecule has 116 valence electrons. The molecule has 0 amide bonds. The molecule has 0 aliphatic heterocycles. The van der Waals surface area contributed by atoms with E-state index in [0.29, 0.717) is 28.2 Å². The molecule has 1 aromatic carbocycles. The van der Waals surface area contributed by atoms with E-state index in [1.807, 2.05) is 12.1 Å². The van der Waals surface area contributed by atoms with Gasteiger partial charge >= 0.3 is 0 Å². The van der Waals surface area contributed by atoms with Crippen molar-refractivity contribution in [1.29, 1.82) is 0 Å². The Labute approximate surface area is 136 Å². The van der Waals surface area contributed by atoms with Gasteiger partial charge in [-0.1, -0.05) is 12.1 Å². The van der Waals surface area contributed by atoms with Crippen LogP contribution < -0.4 is 16.2 Å². The van der Waals surface area contributed by atoms with Crippen LogP contribution >= 0.6 is 12.2 Å². The summed E-state index contributed by atoms with van der Waals surface area (Å²) in [6, 6.07) is 10.7. The predicted octanol–water partition coefficient (Wildman–Crippen LogP) is 2.38. The Morgan fingerprint density at radius 2 is 2.09 bits per heavy atom. The van der Waals surface area contributed by atoms with E-state index >= 15 is 0 Å². The lowest BCUT2D eigenvalue weighted by Crippen LogP contribution is -2.31. The lowest BCUT2D eigenvalue weighted by atomic mass is 10.2. The number of furan rings is 1. The summed E-state index contributed by atoms with van der Waals surface area (Å²) < 4.78 is 10.6. The smallest absolute Gasteiger partial charge is 0.201 e. The molecule has 6 nitrogen and oxygen atoms in total. The van der Waals surface area contributed by atoms with Crippen molar-refractivity contribution < 1.29 is 8.83 Å². The van der Waals surface area contributed by atoms with Gasteiger partial charge in [0.05, 0.1) is 30.0 Å². The highest BCUT2D eigenvalue weighted by atomic mass is 32.1. The van der Waals surface area contributed by atoms with E-state index in [4.69, 9.17) is 21.1 Å². The molecule has 2 N–H and O–H groups in total. The Balaban J connectivity index is 1.63. The Hall–Kier alpha value is -2.93. The van der Waals surface area contributed by atoms with E-state index in [0.717, 1.165) is 5.76 Å². The number of nitrogens with zero attached hydrogens (tertiary/aromatic N) is 1. The largest absolute Gasteiger partial charge is 0.467 e. The summed E-state index contributed by atoms with van der Waals surface area (Å²) in [4.78, 5) is 12.2. The van der Waals surface area contributed by atoms with Crippen LogP contribution in [0.4, 0.5) is 0 Å². The van der Waals surface area contributed by atoms with Gasteiger partial charge in [0.2, 0.25) is 5.43 Å². The minimum absolute atomic E-state index is 0.146. The summed E-state index contributed by atoms with van der Waals surface area (Å²) in [6.07, 6.45) is 4.33. The maximum absolute atomic E-state index is 12.2. The number of para-hydroxylation sites is 1. The van der Waals surface area contributed by atoms with Crippen LogP contribution in [0.5, 0.6) is 0 Å². The van der Waals surface area contributed by atoms with Crippen LogP contribution in [0, 0.1) is 0 Å². The van der Waals surface area contributed by atoms with E-state index in [1.165, 1.54) is 12.5 Å². The Bertz CT molecular complexity index is 900. The third-order valence-electron chi connectivity index (χ3n) is 3.08. The van der Waals surface area contributed by atoms with Crippen molar-refractivity contribution in [3.05, 3.63) is 70.5 Å². The fourth-order valence-electron chi connectivity index (χ4n) is 1.96. The molecule has 0 bridgehead atoms. The highest BCUT2D eigenvalue weighted by molar-refractivity contribution is 7.80. The number of hydrogen-bond acceptors (Lipinski definition) is 5. The molecule has 0 saturated heterocycles. The van der Waals surface area contributed by atoms with Crippen molar-refractivity contribution in [1.82, 2.24) is 10.7 Å². The van der Waals surface area contributed by atoms with Gasteiger partial charge in [0.25, 0.3) is 0 Å². The van der Waals surface area contributed by atoms with E-state index in [2.05, 4.69) is 15.8 Å². The van der Waals surface area contributed by atoms with Crippen LogP contribution in [0.3, 0.4) is 0 Å². The molecule has 0 fully saturated rings. The zero-order valence-corrected chi connectivity index (χ0v) is 12.8. The molecule has 2 aromatic heterocycles. The van der Waals surface area contributed by atoms with Gasteiger partial charge in [-0.3, -0.25) is 10.2 Å². The normalized spacial score (nSPS) is 11.0. The zero-order chi connectivity index (χ0) is 16.1. The van der Waals surface area contributed by atoms with Gasteiger partial charge in [0, 0.05) is 0 Å². The number of benzene rings is 1. The molecule has 3 rings (SSSR count). The first-order valence-electron chi connectivity index (χ1n) is 6.84. The minimum atomic E-state index is -0.146. The highest BCUT2D eigenvalue weighted by Crippen LogP contribution is 2.09. The third kappa shape index (κ3) is 3.64. The van der Waals surface area contributed by atoms with Gasteiger partial charge in [-0.05, 0) is 36.5 Å². The maximum Gasteiger partial charge on any atom is 0.201 e. The first kappa shape index (κ1) is 15.0. The Kier molecular flexibility index (Phi) is 4.49. The fourth-order valence-corrected chi connectivity index (χ4v) is 2.09. The van der Waals surface area contributed by atoms with Crippen LogP contribution in [-0.4, -0.2) is 11.3 Å².